The molecule has 4 heteroatoms. The molecule has 4 nitrogen and oxygen atoms in total. The van der Waals surface area contributed by atoms with E-state index in [9.17, 15) is 4.79 Å². The van der Waals surface area contributed by atoms with E-state index in [4.69, 9.17) is 15.9 Å². The molecular weight excluding hydrogens is 276 g/mol. The summed E-state index contributed by atoms with van der Waals surface area (Å²) in [5, 5.41) is 7.45. The van der Waals surface area contributed by atoms with Gasteiger partial charge in [-0.2, -0.15) is 0 Å². The van der Waals surface area contributed by atoms with E-state index < -0.39 is 0 Å². The highest BCUT2D eigenvalue weighted by Gasteiger charge is 2.38. The van der Waals surface area contributed by atoms with E-state index in [1.54, 1.807) is 0 Å². The second-order valence-electron chi connectivity index (χ2n) is 5.83. The molecule has 3 N–H and O–H groups in total. The first-order valence-corrected chi connectivity index (χ1v) is 7.82. The minimum Gasteiger partial charge on any atom is -0.465 e. The number of carbonyl (C=O) groups excluding carboxylic acids is 1. The lowest BCUT2D eigenvalue weighted by molar-refractivity contribution is -0.157. The van der Waals surface area contributed by atoms with Crippen molar-refractivity contribution < 1.29 is 9.53 Å². The van der Waals surface area contributed by atoms with Crippen molar-refractivity contribution in [1.82, 2.24) is 0 Å². The minimum atomic E-state index is -0.108. The average molecular weight is 300 g/mol. The molecule has 0 radical (unpaired) electrons. The van der Waals surface area contributed by atoms with Crippen molar-refractivity contribution >= 4 is 11.8 Å². The van der Waals surface area contributed by atoms with Crippen molar-refractivity contribution in [2.75, 3.05) is 6.61 Å². The van der Waals surface area contributed by atoms with E-state index in [0.29, 0.717) is 12.2 Å². The highest BCUT2D eigenvalue weighted by molar-refractivity contribution is 5.94. The molecule has 1 aromatic rings. The number of nitrogens with one attached hydrogen (secondary N) is 1. The molecule has 118 valence electrons. The van der Waals surface area contributed by atoms with Crippen LogP contribution in [0.5, 0.6) is 0 Å². The number of benzene rings is 1. The number of nitrogen functional groups attached to an aromatic ring is 1. The van der Waals surface area contributed by atoms with Crippen molar-refractivity contribution in [2.24, 2.45) is 17.6 Å². The molecule has 3 unspecified atom stereocenters. The topological polar surface area (TPSA) is 76.2 Å². The lowest BCUT2D eigenvalue weighted by Gasteiger charge is -2.35. The molecule has 1 aliphatic heterocycles. The van der Waals surface area contributed by atoms with Crippen LogP contribution in [0.4, 0.5) is 0 Å². The van der Waals surface area contributed by atoms with Crippen LogP contribution in [-0.4, -0.2) is 18.4 Å². The van der Waals surface area contributed by atoms with E-state index in [-0.39, 0.29) is 29.6 Å². The number of cyclic esters (lactones) is 1. The highest BCUT2D eigenvalue weighted by atomic mass is 16.5. The predicted molar refractivity (Wildman–Crippen MR) is 87.9 cm³/mol. The number of allylic oxidation sites excluding steroid dienone is 1. The summed E-state index contributed by atoms with van der Waals surface area (Å²) < 4.78 is 5.41. The lowest BCUT2D eigenvalue weighted by Crippen LogP contribution is -2.37. The summed E-state index contributed by atoms with van der Waals surface area (Å²) in [4.78, 5) is 12.1. The Hall–Kier alpha value is -2.10. The van der Waals surface area contributed by atoms with Crippen LogP contribution >= 0.6 is 0 Å². The number of hydrogen-bond donors (Lipinski definition) is 2. The number of esters is 1. The van der Waals surface area contributed by atoms with E-state index in [0.717, 1.165) is 24.8 Å². The molecule has 2 rings (SSSR count). The molecule has 1 heterocycles. The van der Waals surface area contributed by atoms with Gasteiger partial charge in [0.15, 0.2) is 0 Å². The summed E-state index contributed by atoms with van der Waals surface area (Å²) in [7, 11) is 0. The van der Waals surface area contributed by atoms with Crippen molar-refractivity contribution in [2.45, 2.75) is 32.1 Å². The van der Waals surface area contributed by atoms with Crippen molar-refractivity contribution in [1.29, 1.82) is 5.41 Å². The van der Waals surface area contributed by atoms with Crippen LogP contribution in [0.3, 0.4) is 0 Å². The molecule has 0 bridgehead atoms. The zero-order valence-corrected chi connectivity index (χ0v) is 13.0. The van der Waals surface area contributed by atoms with Gasteiger partial charge in [-0.25, -0.2) is 0 Å². The zero-order chi connectivity index (χ0) is 16.1. The first kappa shape index (κ1) is 16.3. The lowest BCUT2D eigenvalue weighted by atomic mass is 9.74. The first-order valence-electron chi connectivity index (χ1n) is 7.82. The Bertz CT molecular complexity index is 551. The zero-order valence-electron chi connectivity index (χ0n) is 13.0. The predicted octanol–water partition coefficient (Wildman–Crippen LogP) is 3.22. The standard InChI is InChI=1S/C18H24N2O2/c1-3-5-6-15-14(4-2)16(11-22-18(15)21)12-7-9-13(10-8-12)17(19)20/h4,7-10,14-16H,2-3,5-6,11H2,1H3,(H3,19,20). The van der Waals surface area contributed by atoms with Gasteiger partial charge in [-0.05, 0) is 17.9 Å². The molecule has 1 aromatic carbocycles. The summed E-state index contributed by atoms with van der Waals surface area (Å²) in [6, 6.07) is 7.62. The third kappa shape index (κ3) is 3.38. The van der Waals surface area contributed by atoms with Gasteiger partial charge in [-0.3, -0.25) is 10.2 Å². The smallest absolute Gasteiger partial charge is 0.309 e. The van der Waals surface area contributed by atoms with Gasteiger partial charge in [-0.1, -0.05) is 50.1 Å². The van der Waals surface area contributed by atoms with Gasteiger partial charge < -0.3 is 10.5 Å². The largest absolute Gasteiger partial charge is 0.465 e. The maximum atomic E-state index is 12.1. The number of nitrogens with two attached hydrogens (primary N) is 1. The molecule has 1 saturated heterocycles. The average Bonchev–Trinajstić information content (AvgIpc) is 2.53. The number of rotatable bonds is 6. The first-order chi connectivity index (χ1) is 10.6. The fourth-order valence-corrected chi connectivity index (χ4v) is 3.12. The van der Waals surface area contributed by atoms with Crippen LogP contribution < -0.4 is 5.73 Å². The fourth-order valence-electron chi connectivity index (χ4n) is 3.12. The number of hydrogen-bond acceptors (Lipinski definition) is 3. The van der Waals surface area contributed by atoms with Gasteiger partial charge in [0.05, 0.1) is 12.5 Å². The van der Waals surface area contributed by atoms with E-state index in [1.807, 2.05) is 30.3 Å². The molecule has 0 aromatic heterocycles. The Morgan fingerprint density at radius 3 is 2.68 bits per heavy atom. The second kappa shape index (κ2) is 7.25. The molecular formula is C18H24N2O2. The van der Waals surface area contributed by atoms with Crippen molar-refractivity contribution in [3.05, 3.63) is 48.0 Å². The summed E-state index contributed by atoms with van der Waals surface area (Å²) in [5.74, 6) is 0.0652. The second-order valence-corrected chi connectivity index (χ2v) is 5.83. The normalized spacial score (nSPS) is 24.6. The Labute approximate surface area is 131 Å². The van der Waals surface area contributed by atoms with Crippen LogP contribution in [0.15, 0.2) is 36.9 Å². The maximum absolute atomic E-state index is 12.1. The van der Waals surface area contributed by atoms with Crippen LogP contribution in [0.25, 0.3) is 0 Å². The minimum absolute atomic E-state index is 0.0581. The van der Waals surface area contributed by atoms with Crippen LogP contribution in [0.2, 0.25) is 0 Å². The maximum Gasteiger partial charge on any atom is 0.309 e. The van der Waals surface area contributed by atoms with Gasteiger partial charge in [0, 0.05) is 11.5 Å². The third-order valence-electron chi connectivity index (χ3n) is 4.43. The van der Waals surface area contributed by atoms with Gasteiger partial charge in [-0.15, -0.1) is 6.58 Å². The Morgan fingerprint density at radius 2 is 2.14 bits per heavy atom. The van der Waals surface area contributed by atoms with Crippen molar-refractivity contribution in [3.63, 3.8) is 0 Å². The monoisotopic (exact) mass is 300 g/mol. The van der Waals surface area contributed by atoms with Gasteiger partial charge in [0.1, 0.15) is 5.84 Å². The molecule has 0 aliphatic carbocycles. The molecule has 22 heavy (non-hydrogen) atoms. The Kier molecular flexibility index (Phi) is 5.36. The van der Waals surface area contributed by atoms with E-state index >= 15 is 0 Å². The van der Waals surface area contributed by atoms with E-state index in [2.05, 4.69) is 13.5 Å². The van der Waals surface area contributed by atoms with Crippen LogP contribution in [-0.2, 0) is 9.53 Å². The Balaban J connectivity index is 2.23. The third-order valence-corrected chi connectivity index (χ3v) is 4.43. The highest BCUT2D eigenvalue weighted by Crippen LogP contribution is 2.38. The fraction of sp³-hybridized carbons (Fsp3) is 0.444. The summed E-state index contributed by atoms with van der Waals surface area (Å²) >= 11 is 0. The van der Waals surface area contributed by atoms with Crippen LogP contribution in [0, 0.1) is 17.2 Å². The number of carbonyl (C=O) groups is 1. The molecule has 1 aliphatic rings. The molecule has 3 atom stereocenters. The van der Waals surface area contributed by atoms with Gasteiger partial charge in [0.2, 0.25) is 0 Å². The quantitative estimate of drug-likeness (QED) is 0.366. The molecule has 1 fully saturated rings. The SMILES string of the molecule is C=CC1C(CCCC)C(=O)OCC1c1ccc(C(=N)N)cc1. The Morgan fingerprint density at radius 1 is 1.45 bits per heavy atom. The number of ether oxygens (including phenoxy) is 1. The number of unbranched alkanes of at least 4 members (excludes halogenated alkanes) is 1. The molecule has 0 amide bonds. The molecule has 0 spiro atoms. The number of amidine groups is 1. The van der Waals surface area contributed by atoms with Gasteiger partial charge in [0.25, 0.3) is 0 Å². The summed E-state index contributed by atoms with van der Waals surface area (Å²) in [6.45, 7) is 6.44. The van der Waals surface area contributed by atoms with E-state index in [1.165, 1.54) is 0 Å². The summed E-state index contributed by atoms with van der Waals surface area (Å²) in [6.07, 6.45) is 4.81. The van der Waals surface area contributed by atoms with Crippen LogP contribution in [0.1, 0.15) is 43.2 Å². The molecule has 0 saturated carbocycles. The van der Waals surface area contributed by atoms with Gasteiger partial charge >= 0.3 is 5.97 Å². The summed E-state index contributed by atoms with van der Waals surface area (Å²) in [5.41, 5.74) is 7.29. The van der Waals surface area contributed by atoms with Crippen molar-refractivity contribution in [3.8, 4) is 0 Å².